The summed E-state index contributed by atoms with van der Waals surface area (Å²) in [5.74, 6) is 1.28. The number of ether oxygens (including phenoxy) is 2. The van der Waals surface area contributed by atoms with Crippen molar-refractivity contribution in [2.45, 2.75) is 6.54 Å². The molecule has 0 unspecified atom stereocenters. The monoisotopic (exact) mass is 199 g/mol. The largest absolute Gasteiger partial charge is 0.496 e. The van der Waals surface area contributed by atoms with Crippen LogP contribution < -0.4 is 14.8 Å². The van der Waals surface area contributed by atoms with Gasteiger partial charge in [-0.25, -0.2) is 4.39 Å². The molecule has 78 valence electrons. The normalized spacial score (nSPS) is 9.93. The number of rotatable bonds is 5. The third kappa shape index (κ3) is 2.60. The third-order valence-corrected chi connectivity index (χ3v) is 1.84. The van der Waals surface area contributed by atoms with Crippen molar-refractivity contribution in [2.24, 2.45) is 0 Å². The average molecular weight is 199 g/mol. The van der Waals surface area contributed by atoms with E-state index in [9.17, 15) is 4.39 Å². The molecule has 0 atom stereocenters. The molecular formula is C10H14FNO2. The summed E-state index contributed by atoms with van der Waals surface area (Å²) in [4.78, 5) is 0. The van der Waals surface area contributed by atoms with Crippen molar-refractivity contribution in [3.05, 3.63) is 23.8 Å². The van der Waals surface area contributed by atoms with Crippen molar-refractivity contribution in [1.29, 1.82) is 0 Å². The van der Waals surface area contributed by atoms with E-state index in [-0.39, 0.29) is 0 Å². The fourth-order valence-electron chi connectivity index (χ4n) is 1.24. The Balaban J connectivity index is 2.88. The Labute approximate surface area is 82.8 Å². The Hall–Kier alpha value is -1.29. The number of nitrogens with one attached hydrogen (secondary N) is 1. The van der Waals surface area contributed by atoms with Crippen molar-refractivity contribution in [3.63, 3.8) is 0 Å². The van der Waals surface area contributed by atoms with Gasteiger partial charge < -0.3 is 14.8 Å². The number of benzene rings is 1. The standard InChI is InChI=1S/C10H14FNO2/c1-12-6-8-5-9(14-7-11)3-4-10(8)13-2/h3-5,12H,6-7H2,1-2H3. The van der Waals surface area contributed by atoms with E-state index in [1.54, 1.807) is 25.3 Å². The van der Waals surface area contributed by atoms with Crippen LogP contribution in [0.1, 0.15) is 5.56 Å². The Bertz CT molecular complexity index is 291. The lowest BCUT2D eigenvalue weighted by atomic mass is 10.2. The van der Waals surface area contributed by atoms with Crippen LogP contribution in [0.4, 0.5) is 4.39 Å². The SMILES string of the molecule is CNCc1cc(OCF)ccc1OC. The number of methoxy groups -OCH3 is 1. The molecule has 0 aliphatic rings. The molecule has 0 saturated carbocycles. The van der Waals surface area contributed by atoms with Gasteiger partial charge in [-0.3, -0.25) is 0 Å². The van der Waals surface area contributed by atoms with Crippen LogP contribution in [-0.2, 0) is 6.54 Å². The fraction of sp³-hybridized carbons (Fsp3) is 0.400. The van der Waals surface area contributed by atoms with Gasteiger partial charge in [-0.15, -0.1) is 0 Å². The highest BCUT2D eigenvalue weighted by Crippen LogP contribution is 2.23. The molecule has 0 aliphatic heterocycles. The minimum Gasteiger partial charge on any atom is -0.496 e. The van der Waals surface area contributed by atoms with E-state index >= 15 is 0 Å². The predicted molar refractivity (Wildman–Crippen MR) is 52.4 cm³/mol. The molecule has 0 saturated heterocycles. The summed E-state index contributed by atoms with van der Waals surface area (Å²) in [6.45, 7) is -0.155. The summed E-state index contributed by atoms with van der Waals surface area (Å²) in [7, 11) is 3.44. The van der Waals surface area contributed by atoms with E-state index in [0.29, 0.717) is 12.3 Å². The summed E-state index contributed by atoms with van der Waals surface area (Å²) in [5.41, 5.74) is 0.945. The van der Waals surface area contributed by atoms with Gasteiger partial charge in [0.2, 0.25) is 6.86 Å². The lowest BCUT2D eigenvalue weighted by Gasteiger charge is -2.09. The summed E-state index contributed by atoms with van der Waals surface area (Å²) in [6.07, 6.45) is 0. The molecule has 0 fully saturated rings. The minimum absolute atomic E-state index is 0.513. The smallest absolute Gasteiger partial charge is 0.228 e. The van der Waals surface area contributed by atoms with Crippen LogP contribution in [-0.4, -0.2) is 21.0 Å². The van der Waals surface area contributed by atoms with E-state index in [1.165, 1.54) is 0 Å². The zero-order valence-corrected chi connectivity index (χ0v) is 8.34. The van der Waals surface area contributed by atoms with Crippen molar-refractivity contribution in [3.8, 4) is 11.5 Å². The van der Waals surface area contributed by atoms with Crippen LogP contribution in [0.15, 0.2) is 18.2 Å². The van der Waals surface area contributed by atoms with Crippen LogP contribution in [0.3, 0.4) is 0 Å². The van der Waals surface area contributed by atoms with Gasteiger partial charge in [0, 0.05) is 12.1 Å². The van der Waals surface area contributed by atoms with E-state index in [4.69, 9.17) is 9.47 Å². The Morgan fingerprint density at radius 3 is 2.79 bits per heavy atom. The molecule has 0 aliphatic carbocycles. The second-order valence-electron chi connectivity index (χ2n) is 2.76. The molecule has 0 heterocycles. The van der Waals surface area contributed by atoms with Gasteiger partial charge in [-0.05, 0) is 25.2 Å². The van der Waals surface area contributed by atoms with Crippen LogP contribution >= 0.6 is 0 Å². The van der Waals surface area contributed by atoms with Crippen molar-refractivity contribution in [2.75, 3.05) is 21.0 Å². The highest BCUT2D eigenvalue weighted by Gasteiger charge is 2.03. The zero-order valence-electron chi connectivity index (χ0n) is 8.34. The van der Waals surface area contributed by atoms with Gasteiger partial charge in [0.25, 0.3) is 0 Å². The van der Waals surface area contributed by atoms with Gasteiger partial charge in [0.05, 0.1) is 7.11 Å². The maximum atomic E-state index is 11.9. The van der Waals surface area contributed by atoms with Gasteiger partial charge in [-0.2, -0.15) is 0 Å². The van der Waals surface area contributed by atoms with Gasteiger partial charge >= 0.3 is 0 Å². The van der Waals surface area contributed by atoms with Gasteiger partial charge in [-0.1, -0.05) is 0 Å². The second kappa shape index (κ2) is 5.44. The van der Waals surface area contributed by atoms with Crippen molar-refractivity contribution < 1.29 is 13.9 Å². The summed E-state index contributed by atoms with van der Waals surface area (Å²) in [5, 5.41) is 3.00. The lowest BCUT2D eigenvalue weighted by molar-refractivity contribution is 0.191. The first kappa shape index (κ1) is 10.8. The highest BCUT2D eigenvalue weighted by molar-refractivity contribution is 5.40. The maximum absolute atomic E-state index is 11.9. The first-order valence-corrected chi connectivity index (χ1v) is 4.32. The maximum Gasteiger partial charge on any atom is 0.228 e. The van der Waals surface area contributed by atoms with Gasteiger partial charge in [0.1, 0.15) is 11.5 Å². The molecule has 3 nitrogen and oxygen atoms in total. The first-order valence-electron chi connectivity index (χ1n) is 4.32. The number of hydrogen-bond donors (Lipinski definition) is 1. The Morgan fingerprint density at radius 1 is 1.43 bits per heavy atom. The summed E-state index contributed by atoms with van der Waals surface area (Å²) < 4.78 is 21.8. The van der Waals surface area contributed by atoms with Crippen LogP contribution in [0.25, 0.3) is 0 Å². The highest BCUT2D eigenvalue weighted by atomic mass is 19.1. The number of hydrogen-bond acceptors (Lipinski definition) is 3. The predicted octanol–water partition coefficient (Wildman–Crippen LogP) is 1.72. The molecule has 0 spiro atoms. The molecule has 1 rings (SSSR count). The molecule has 1 aromatic carbocycles. The molecule has 0 bridgehead atoms. The average Bonchev–Trinajstić information content (AvgIpc) is 2.19. The molecular weight excluding hydrogens is 185 g/mol. The third-order valence-electron chi connectivity index (χ3n) is 1.84. The zero-order chi connectivity index (χ0) is 10.4. The minimum atomic E-state index is -0.814. The van der Waals surface area contributed by atoms with Crippen molar-refractivity contribution >= 4 is 0 Å². The number of alkyl halides is 1. The molecule has 14 heavy (non-hydrogen) atoms. The van der Waals surface area contributed by atoms with E-state index in [0.717, 1.165) is 11.3 Å². The van der Waals surface area contributed by atoms with E-state index in [1.807, 2.05) is 7.05 Å². The Kier molecular flexibility index (Phi) is 4.19. The lowest BCUT2D eigenvalue weighted by Crippen LogP contribution is -2.07. The van der Waals surface area contributed by atoms with Gasteiger partial charge in [0.15, 0.2) is 0 Å². The first-order chi connectivity index (χ1) is 6.81. The quantitative estimate of drug-likeness (QED) is 0.783. The molecule has 0 amide bonds. The molecule has 0 aromatic heterocycles. The van der Waals surface area contributed by atoms with E-state index < -0.39 is 6.86 Å². The molecule has 0 radical (unpaired) electrons. The summed E-state index contributed by atoms with van der Waals surface area (Å²) >= 11 is 0. The van der Waals surface area contributed by atoms with Crippen LogP contribution in [0, 0.1) is 0 Å². The van der Waals surface area contributed by atoms with Crippen LogP contribution in [0.2, 0.25) is 0 Å². The molecule has 4 heteroatoms. The van der Waals surface area contributed by atoms with Crippen molar-refractivity contribution in [1.82, 2.24) is 5.32 Å². The van der Waals surface area contributed by atoms with Crippen LogP contribution in [0.5, 0.6) is 11.5 Å². The topological polar surface area (TPSA) is 30.5 Å². The molecule has 1 N–H and O–H groups in total. The Morgan fingerprint density at radius 2 is 2.21 bits per heavy atom. The second-order valence-corrected chi connectivity index (χ2v) is 2.76. The summed E-state index contributed by atoms with van der Waals surface area (Å²) in [6, 6.07) is 5.20. The molecule has 1 aromatic rings. The fourth-order valence-corrected chi connectivity index (χ4v) is 1.24. The number of halogens is 1. The van der Waals surface area contributed by atoms with E-state index in [2.05, 4.69) is 5.32 Å².